The van der Waals surface area contributed by atoms with E-state index in [1.807, 2.05) is 6.07 Å². The third-order valence-electron chi connectivity index (χ3n) is 4.91. The molecule has 0 N–H and O–H groups in total. The third kappa shape index (κ3) is 5.77. The van der Waals surface area contributed by atoms with Crippen LogP contribution in [0.3, 0.4) is 0 Å². The number of hydrogen-bond acceptors (Lipinski definition) is 5. The minimum Gasteiger partial charge on any atom is -0.494 e. The highest BCUT2D eigenvalue weighted by Crippen LogP contribution is 2.19. The first-order chi connectivity index (χ1) is 13.7. The molecule has 1 saturated heterocycles. The van der Waals surface area contributed by atoms with Crippen LogP contribution in [-0.2, 0) is 22.1 Å². The molecule has 1 amide bonds. The Hall–Kier alpha value is -2.45. The molecule has 1 aliphatic heterocycles. The van der Waals surface area contributed by atoms with E-state index in [2.05, 4.69) is 4.90 Å². The van der Waals surface area contributed by atoms with Crippen molar-refractivity contribution in [2.75, 3.05) is 39.5 Å². The summed E-state index contributed by atoms with van der Waals surface area (Å²) in [4.78, 5) is 16.7. The van der Waals surface area contributed by atoms with Crippen LogP contribution in [0.15, 0.2) is 42.5 Å². The molecule has 0 bridgehead atoms. The van der Waals surface area contributed by atoms with E-state index in [-0.39, 0.29) is 23.2 Å². The summed E-state index contributed by atoms with van der Waals surface area (Å²) >= 11 is 0. The van der Waals surface area contributed by atoms with Gasteiger partial charge >= 0.3 is 0 Å². The van der Waals surface area contributed by atoms with Crippen LogP contribution in [-0.4, -0.2) is 63.7 Å². The highest BCUT2D eigenvalue weighted by atomic mass is 32.2. The summed E-state index contributed by atoms with van der Waals surface area (Å²) in [7, 11) is -1.66. The summed E-state index contributed by atoms with van der Waals surface area (Å²) in [6.07, 6.45) is 1.19. The lowest BCUT2D eigenvalue weighted by Crippen LogP contribution is -2.48. The van der Waals surface area contributed by atoms with Gasteiger partial charge in [0.05, 0.1) is 12.9 Å². The lowest BCUT2D eigenvalue weighted by atomic mass is 10.1. The number of carbonyl (C=O) groups is 1. The molecule has 1 aliphatic rings. The minimum absolute atomic E-state index is 0.0356. The number of rotatable bonds is 6. The van der Waals surface area contributed by atoms with Crippen LogP contribution in [0.1, 0.15) is 21.5 Å². The van der Waals surface area contributed by atoms with E-state index in [1.54, 1.807) is 35.2 Å². The number of ether oxygens (including phenoxy) is 1. The van der Waals surface area contributed by atoms with Crippen LogP contribution in [0, 0.1) is 5.82 Å². The Balaban J connectivity index is 1.54. The molecule has 1 fully saturated rings. The molecule has 0 unspecified atom stereocenters. The number of sulfone groups is 1. The Kier molecular flexibility index (Phi) is 6.54. The van der Waals surface area contributed by atoms with Crippen LogP contribution in [0.2, 0.25) is 0 Å². The number of halogens is 1. The molecule has 0 saturated carbocycles. The third-order valence-corrected chi connectivity index (χ3v) is 5.77. The van der Waals surface area contributed by atoms with Gasteiger partial charge in [-0.15, -0.1) is 0 Å². The molecule has 0 spiro atoms. The van der Waals surface area contributed by atoms with Gasteiger partial charge in [-0.25, -0.2) is 12.8 Å². The lowest BCUT2D eigenvalue weighted by molar-refractivity contribution is 0.0628. The maximum absolute atomic E-state index is 13.8. The van der Waals surface area contributed by atoms with E-state index in [9.17, 15) is 17.6 Å². The highest BCUT2D eigenvalue weighted by molar-refractivity contribution is 7.89. The molecule has 1 heterocycles. The van der Waals surface area contributed by atoms with E-state index in [0.717, 1.165) is 5.56 Å². The molecule has 2 aromatic rings. The number of benzene rings is 2. The van der Waals surface area contributed by atoms with Gasteiger partial charge in [0.2, 0.25) is 0 Å². The molecule has 29 heavy (non-hydrogen) atoms. The molecule has 0 radical (unpaired) electrons. The first kappa shape index (κ1) is 21.3. The van der Waals surface area contributed by atoms with Gasteiger partial charge in [0, 0.05) is 44.5 Å². The molecule has 2 aromatic carbocycles. The average Bonchev–Trinajstić information content (AvgIpc) is 2.68. The fourth-order valence-corrected chi connectivity index (χ4v) is 4.20. The van der Waals surface area contributed by atoms with Gasteiger partial charge in [-0.05, 0) is 35.4 Å². The first-order valence-electron chi connectivity index (χ1n) is 9.36. The number of methoxy groups -OCH3 is 1. The summed E-state index contributed by atoms with van der Waals surface area (Å²) < 4.78 is 41.5. The van der Waals surface area contributed by atoms with Crippen molar-refractivity contribution in [3.8, 4) is 5.75 Å². The van der Waals surface area contributed by atoms with E-state index in [4.69, 9.17) is 4.74 Å². The van der Waals surface area contributed by atoms with Crippen molar-refractivity contribution in [1.82, 2.24) is 9.80 Å². The van der Waals surface area contributed by atoms with Crippen LogP contribution in [0.4, 0.5) is 4.39 Å². The Morgan fingerprint density at radius 1 is 1.03 bits per heavy atom. The largest absolute Gasteiger partial charge is 0.494 e. The zero-order valence-electron chi connectivity index (χ0n) is 16.6. The van der Waals surface area contributed by atoms with Gasteiger partial charge in [-0.3, -0.25) is 9.69 Å². The minimum atomic E-state index is -3.10. The summed E-state index contributed by atoms with van der Waals surface area (Å²) in [6.45, 7) is 3.19. The second-order valence-electron chi connectivity index (χ2n) is 7.30. The molecule has 0 aliphatic carbocycles. The number of carbonyl (C=O) groups excluding carboxylic acids is 1. The van der Waals surface area contributed by atoms with Gasteiger partial charge in [0.1, 0.15) is 0 Å². The van der Waals surface area contributed by atoms with E-state index < -0.39 is 9.84 Å². The van der Waals surface area contributed by atoms with Crippen LogP contribution >= 0.6 is 0 Å². The lowest BCUT2D eigenvalue weighted by Gasteiger charge is -2.34. The topological polar surface area (TPSA) is 66.9 Å². The summed E-state index contributed by atoms with van der Waals surface area (Å²) in [5, 5.41) is 0. The second-order valence-corrected chi connectivity index (χ2v) is 9.44. The SMILES string of the molecule is COc1ccc(CN2CCN(C(=O)c3ccc(CS(C)(=O)=O)cc3)CC2)cc1F. The van der Waals surface area contributed by atoms with Crippen molar-refractivity contribution >= 4 is 15.7 Å². The molecular weight excluding hydrogens is 395 g/mol. The Morgan fingerprint density at radius 3 is 2.21 bits per heavy atom. The van der Waals surface area contributed by atoms with Gasteiger partial charge in [-0.1, -0.05) is 18.2 Å². The molecule has 0 aromatic heterocycles. The van der Waals surface area contributed by atoms with Gasteiger partial charge in [0.15, 0.2) is 21.4 Å². The standard InChI is InChI=1S/C21H25FN2O4S/c1-28-20-8-5-17(13-19(20)22)14-23-9-11-24(12-10-23)21(25)18-6-3-16(4-7-18)15-29(2,26)27/h3-8,13H,9-12,14-15H2,1-2H3. The first-order valence-corrected chi connectivity index (χ1v) is 11.4. The average molecular weight is 421 g/mol. The van der Waals surface area contributed by atoms with Gasteiger partial charge in [0.25, 0.3) is 5.91 Å². The quantitative estimate of drug-likeness (QED) is 0.718. The van der Waals surface area contributed by atoms with Crippen molar-refractivity contribution in [1.29, 1.82) is 0 Å². The van der Waals surface area contributed by atoms with Crippen LogP contribution in [0.25, 0.3) is 0 Å². The predicted octanol–water partition coefficient (Wildman–Crippen LogP) is 2.34. The van der Waals surface area contributed by atoms with Gasteiger partial charge in [-0.2, -0.15) is 0 Å². The van der Waals surface area contributed by atoms with Crippen molar-refractivity contribution in [3.63, 3.8) is 0 Å². The van der Waals surface area contributed by atoms with Crippen molar-refractivity contribution in [2.24, 2.45) is 0 Å². The summed E-state index contributed by atoms with van der Waals surface area (Å²) in [5.74, 6) is -0.248. The second kappa shape index (κ2) is 8.92. The Bertz CT molecular complexity index is 969. The number of amides is 1. The van der Waals surface area contributed by atoms with Crippen LogP contribution in [0.5, 0.6) is 5.75 Å². The van der Waals surface area contributed by atoms with E-state index in [0.29, 0.717) is 43.9 Å². The molecular formula is C21H25FN2O4S. The molecule has 0 atom stereocenters. The zero-order valence-corrected chi connectivity index (χ0v) is 17.4. The monoisotopic (exact) mass is 420 g/mol. The van der Waals surface area contributed by atoms with Crippen molar-refractivity contribution in [2.45, 2.75) is 12.3 Å². The predicted molar refractivity (Wildman–Crippen MR) is 109 cm³/mol. The number of hydrogen-bond donors (Lipinski definition) is 0. The number of piperazine rings is 1. The molecule has 3 rings (SSSR count). The number of nitrogens with zero attached hydrogens (tertiary/aromatic N) is 2. The van der Waals surface area contributed by atoms with Crippen molar-refractivity contribution < 1.29 is 22.3 Å². The summed E-state index contributed by atoms with van der Waals surface area (Å²) in [5.41, 5.74) is 2.08. The highest BCUT2D eigenvalue weighted by Gasteiger charge is 2.22. The fourth-order valence-electron chi connectivity index (χ4n) is 3.40. The fraction of sp³-hybridized carbons (Fsp3) is 0.381. The molecule has 156 valence electrons. The maximum atomic E-state index is 13.8. The smallest absolute Gasteiger partial charge is 0.253 e. The molecule has 8 heteroatoms. The van der Waals surface area contributed by atoms with Crippen LogP contribution < -0.4 is 4.74 Å². The Labute approximate surface area is 170 Å². The van der Waals surface area contributed by atoms with E-state index in [1.165, 1.54) is 19.4 Å². The molecule has 6 nitrogen and oxygen atoms in total. The normalized spacial score (nSPS) is 15.3. The zero-order chi connectivity index (χ0) is 21.0. The Morgan fingerprint density at radius 2 is 1.66 bits per heavy atom. The maximum Gasteiger partial charge on any atom is 0.253 e. The van der Waals surface area contributed by atoms with Gasteiger partial charge < -0.3 is 9.64 Å². The van der Waals surface area contributed by atoms with Crippen molar-refractivity contribution in [3.05, 3.63) is 65.0 Å². The summed E-state index contributed by atoms with van der Waals surface area (Å²) in [6, 6.07) is 11.7. The van der Waals surface area contributed by atoms with E-state index >= 15 is 0 Å².